The van der Waals surface area contributed by atoms with Crippen LogP contribution >= 0.6 is 0 Å². The molecule has 0 atom stereocenters. The second-order valence-electron chi connectivity index (χ2n) is 8.05. The maximum Gasteiger partial charge on any atom is 0.255 e. The first kappa shape index (κ1) is 23.9. The Bertz CT molecular complexity index is 1040. The lowest BCUT2D eigenvalue weighted by molar-refractivity contribution is -0.129. The van der Waals surface area contributed by atoms with Crippen molar-refractivity contribution in [2.45, 2.75) is 44.4 Å². The Balaban J connectivity index is 1.66. The number of amides is 2. The Hall–Kier alpha value is -2.71. The van der Waals surface area contributed by atoms with Crippen molar-refractivity contribution in [1.82, 2.24) is 9.21 Å². The molecule has 172 valence electrons. The first-order valence-electron chi connectivity index (χ1n) is 11.1. The van der Waals surface area contributed by atoms with Gasteiger partial charge in [-0.3, -0.25) is 9.59 Å². The molecule has 0 spiro atoms. The molecule has 0 bridgehead atoms. The fourth-order valence-corrected chi connectivity index (χ4v) is 5.20. The van der Waals surface area contributed by atoms with Crippen molar-refractivity contribution in [3.05, 3.63) is 59.7 Å². The first-order valence-corrected chi connectivity index (χ1v) is 12.5. The molecule has 1 fully saturated rings. The van der Waals surface area contributed by atoms with Gasteiger partial charge in [0.1, 0.15) is 0 Å². The monoisotopic (exact) mass is 457 g/mol. The molecule has 2 amide bonds. The molecule has 0 aromatic heterocycles. The number of nitrogens with one attached hydrogen (secondary N) is 1. The van der Waals surface area contributed by atoms with E-state index in [0.29, 0.717) is 18.8 Å². The molecule has 1 N–H and O–H groups in total. The molecule has 3 rings (SSSR count). The molecule has 1 heterocycles. The number of piperazine rings is 1. The van der Waals surface area contributed by atoms with Gasteiger partial charge in [0.25, 0.3) is 5.91 Å². The van der Waals surface area contributed by atoms with Gasteiger partial charge in [-0.2, -0.15) is 4.31 Å². The summed E-state index contributed by atoms with van der Waals surface area (Å²) >= 11 is 0. The molecule has 1 aliphatic heterocycles. The summed E-state index contributed by atoms with van der Waals surface area (Å²) in [6, 6.07) is 13.8. The topological polar surface area (TPSA) is 86.8 Å². The Labute approximate surface area is 190 Å². The molecule has 0 aliphatic carbocycles. The molecular formula is C24H31N3O4S. The van der Waals surface area contributed by atoms with Crippen LogP contribution in [0, 0.1) is 0 Å². The van der Waals surface area contributed by atoms with Crippen LogP contribution < -0.4 is 5.32 Å². The van der Waals surface area contributed by atoms with E-state index in [4.69, 9.17) is 0 Å². The Morgan fingerprint density at radius 1 is 0.969 bits per heavy atom. The van der Waals surface area contributed by atoms with E-state index < -0.39 is 10.0 Å². The van der Waals surface area contributed by atoms with Crippen molar-refractivity contribution in [2.24, 2.45) is 0 Å². The molecule has 32 heavy (non-hydrogen) atoms. The summed E-state index contributed by atoms with van der Waals surface area (Å²) in [5.74, 6) is -0.420. The standard InChI is InChI=1S/C24H31N3O4S/c1-3-4-5-7-20-10-12-22(13-11-20)25-24(29)21-8-6-9-23(18-21)32(30,31)27-16-14-26(15-17-27)19(2)28/h6,8-13,18H,3-5,7,14-17H2,1-2H3,(H,25,29). The lowest BCUT2D eigenvalue weighted by Gasteiger charge is -2.33. The average molecular weight is 458 g/mol. The number of unbranched alkanes of at least 4 members (excludes halogenated alkanes) is 2. The summed E-state index contributed by atoms with van der Waals surface area (Å²) in [6.07, 6.45) is 4.54. The zero-order chi connectivity index (χ0) is 23.1. The van der Waals surface area contributed by atoms with Gasteiger partial charge in [0.05, 0.1) is 4.90 Å². The molecule has 0 unspecified atom stereocenters. The predicted molar refractivity (Wildman–Crippen MR) is 125 cm³/mol. The Morgan fingerprint density at radius 3 is 2.28 bits per heavy atom. The second-order valence-corrected chi connectivity index (χ2v) is 9.98. The van der Waals surface area contributed by atoms with Gasteiger partial charge in [0, 0.05) is 44.4 Å². The summed E-state index contributed by atoms with van der Waals surface area (Å²) in [6.45, 7) is 4.86. The van der Waals surface area contributed by atoms with E-state index in [1.165, 1.54) is 41.8 Å². The van der Waals surface area contributed by atoms with E-state index in [1.807, 2.05) is 24.3 Å². The number of carbonyl (C=O) groups excluding carboxylic acids is 2. The molecule has 2 aromatic carbocycles. The van der Waals surface area contributed by atoms with Crippen LogP contribution in [0.3, 0.4) is 0 Å². The lowest BCUT2D eigenvalue weighted by atomic mass is 10.1. The SMILES string of the molecule is CCCCCc1ccc(NC(=O)c2cccc(S(=O)(=O)N3CCN(C(C)=O)CC3)c2)cc1. The van der Waals surface area contributed by atoms with E-state index in [-0.39, 0.29) is 35.4 Å². The number of hydrogen-bond donors (Lipinski definition) is 1. The number of nitrogens with zero attached hydrogens (tertiary/aromatic N) is 2. The van der Waals surface area contributed by atoms with Gasteiger partial charge in [-0.25, -0.2) is 8.42 Å². The van der Waals surface area contributed by atoms with Crippen molar-refractivity contribution in [1.29, 1.82) is 0 Å². The highest BCUT2D eigenvalue weighted by atomic mass is 32.2. The van der Waals surface area contributed by atoms with E-state index in [2.05, 4.69) is 12.2 Å². The van der Waals surface area contributed by atoms with Gasteiger partial charge < -0.3 is 10.2 Å². The Morgan fingerprint density at radius 2 is 1.66 bits per heavy atom. The minimum absolute atomic E-state index is 0.0605. The van der Waals surface area contributed by atoms with Crippen LogP contribution in [0.25, 0.3) is 0 Å². The maximum atomic E-state index is 13.0. The highest BCUT2D eigenvalue weighted by Gasteiger charge is 2.29. The Kier molecular flexibility index (Phi) is 8.04. The first-order chi connectivity index (χ1) is 15.3. The molecule has 0 saturated carbocycles. The van der Waals surface area contributed by atoms with Gasteiger partial charge in [0.15, 0.2) is 0 Å². The number of rotatable bonds is 8. The third-order valence-electron chi connectivity index (χ3n) is 5.70. The van der Waals surface area contributed by atoms with E-state index >= 15 is 0 Å². The molecule has 0 radical (unpaired) electrons. The fourth-order valence-electron chi connectivity index (χ4n) is 3.73. The minimum Gasteiger partial charge on any atom is -0.340 e. The van der Waals surface area contributed by atoms with Crippen LogP contribution in [0.1, 0.15) is 49.0 Å². The maximum absolute atomic E-state index is 13.0. The van der Waals surface area contributed by atoms with Gasteiger partial charge in [-0.1, -0.05) is 38.0 Å². The number of carbonyl (C=O) groups is 2. The minimum atomic E-state index is -3.74. The number of anilines is 1. The van der Waals surface area contributed by atoms with E-state index in [0.717, 1.165) is 12.8 Å². The lowest BCUT2D eigenvalue weighted by Crippen LogP contribution is -2.49. The largest absolute Gasteiger partial charge is 0.340 e. The summed E-state index contributed by atoms with van der Waals surface area (Å²) in [7, 11) is -3.74. The highest BCUT2D eigenvalue weighted by molar-refractivity contribution is 7.89. The molecule has 1 aliphatic rings. The van der Waals surface area contributed by atoms with E-state index in [1.54, 1.807) is 17.0 Å². The second kappa shape index (κ2) is 10.7. The smallest absolute Gasteiger partial charge is 0.255 e. The van der Waals surface area contributed by atoms with Crippen molar-refractivity contribution in [3.8, 4) is 0 Å². The van der Waals surface area contributed by atoms with Crippen LogP contribution in [-0.4, -0.2) is 55.6 Å². The van der Waals surface area contributed by atoms with Crippen molar-refractivity contribution in [3.63, 3.8) is 0 Å². The van der Waals surface area contributed by atoms with Crippen LogP contribution in [0.2, 0.25) is 0 Å². The molecule has 8 heteroatoms. The zero-order valence-corrected chi connectivity index (χ0v) is 19.5. The highest BCUT2D eigenvalue weighted by Crippen LogP contribution is 2.20. The van der Waals surface area contributed by atoms with Gasteiger partial charge in [0.2, 0.25) is 15.9 Å². The van der Waals surface area contributed by atoms with Gasteiger partial charge in [-0.15, -0.1) is 0 Å². The third-order valence-corrected chi connectivity index (χ3v) is 7.59. The van der Waals surface area contributed by atoms with Crippen molar-refractivity contribution < 1.29 is 18.0 Å². The predicted octanol–water partition coefficient (Wildman–Crippen LogP) is 3.52. The van der Waals surface area contributed by atoms with Crippen LogP contribution in [0.5, 0.6) is 0 Å². The third kappa shape index (κ3) is 5.95. The van der Waals surface area contributed by atoms with Crippen LogP contribution in [0.15, 0.2) is 53.4 Å². The summed E-state index contributed by atoms with van der Waals surface area (Å²) < 4.78 is 27.4. The van der Waals surface area contributed by atoms with Crippen molar-refractivity contribution >= 4 is 27.5 Å². The number of aryl methyl sites for hydroxylation is 1. The number of sulfonamides is 1. The fraction of sp³-hybridized carbons (Fsp3) is 0.417. The van der Waals surface area contributed by atoms with Crippen LogP contribution in [0.4, 0.5) is 5.69 Å². The quantitative estimate of drug-likeness (QED) is 0.615. The summed E-state index contributed by atoms with van der Waals surface area (Å²) in [4.78, 5) is 25.9. The number of benzene rings is 2. The summed E-state index contributed by atoms with van der Waals surface area (Å²) in [5.41, 5.74) is 2.18. The normalized spacial score (nSPS) is 14.9. The number of hydrogen-bond acceptors (Lipinski definition) is 4. The molecule has 7 nitrogen and oxygen atoms in total. The molecule has 2 aromatic rings. The average Bonchev–Trinajstić information content (AvgIpc) is 2.80. The van der Waals surface area contributed by atoms with Gasteiger partial charge in [-0.05, 0) is 48.7 Å². The molecule has 1 saturated heterocycles. The zero-order valence-electron chi connectivity index (χ0n) is 18.7. The van der Waals surface area contributed by atoms with Crippen molar-refractivity contribution in [2.75, 3.05) is 31.5 Å². The van der Waals surface area contributed by atoms with E-state index in [9.17, 15) is 18.0 Å². The van der Waals surface area contributed by atoms with Gasteiger partial charge >= 0.3 is 0 Å². The summed E-state index contributed by atoms with van der Waals surface area (Å²) in [5, 5.41) is 2.84. The van der Waals surface area contributed by atoms with Crippen LogP contribution in [-0.2, 0) is 21.2 Å². The molecular weight excluding hydrogens is 426 g/mol.